The van der Waals surface area contributed by atoms with Gasteiger partial charge in [0.1, 0.15) is 5.82 Å². The van der Waals surface area contributed by atoms with Gasteiger partial charge in [0.2, 0.25) is 5.91 Å². The van der Waals surface area contributed by atoms with Crippen LogP contribution in [0.15, 0.2) is 5.16 Å². The molecule has 1 amide bonds. The lowest BCUT2D eigenvalue weighted by molar-refractivity contribution is -0.130. The highest BCUT2D eigenvalue weighted by Gasteiger charge is 2.35. The average molecular weight is 403 g/mol. The minimum Gasteiger partial charge on any atom is -0.383 e. The van der Waals surface area contributed by atoms with Crippen molar-refractivity contribution in [1.82, 2.24) is 19.7 Å². The van der Waals surface area contributed by atoms with Gasteiger partial charge >= 0.3 is 0 Å². The van der Waals surface area contributed by atoms with E-state index in [1.54, 1.807) is 12.0 Å². The molecule has 2 fully saturated rings. The fraction of sp³-hybridized carbons (Fsp3) is 0.812. The molecule has 26 heavy (non-hydrogen) atoms. The first kappa shape index (κ1) is 19.6. The number of sulfone groups is 1. The predicted molar refractivity (Wildman–Crippen MR) is 99.0 cm³/mol. The van der Waals surface area contributed by atoms with E-state index in [0.717, 1.165) is 30.4 Å². The van der Waals surface area contributed by atoms with Crippen molar-refractivity contribution in [2.45, 2.75) is 49.8 Å². The van der Waals surface area contributed by atoms with Crippen molar-refractivity contribution in [3.05, 3.63) is 5.82 Å². The molecule has 1 aromatic heterocycles. The van der Waals surface area contributed by atoms with Crippen molar-refractivity contribution in [2.75, 3.05) is 37.5 Å². The van der Waals surface area contributed by atoms with E-state index in [2.05, 4.69) is 21.7 Å². The molecule has 0 N–H and O–H groups in total. The van der Waals surface area contributed by atoms with Crippen molar-refractivity contribution in [3.8, 4) is 0 Å². The molecule has 0 spiro atoms. The topological polar surface area (TPSA) is 94.4 Å². The van der Waals surface area contributed by atoms with Crippen molar-refractivity contribution >= 4 is 27.5 Å². The molecule has 146 valence electrons. The van der Waals surface area contributed by atoms with Gasteiger partial charge in [0.15, 0.2) is 15.0 Å². The molecule has 0 unspecified atom stereocenters. The summed E-state index contributed by atoms with van der Waals surface area (Å²) < 4.78 is 30.7. The Balaban J connectivity index is 1.64. The number of amides is 1. The van der Waals surface area contributed by atoms with Crippen LogP contribution in [0.4, 0.5) is 0 Å². The van der Waals surface area contributed by atoms with Crippen LogP contribution >= 0.6 is 11.8 Å². The molecule has 1 atom stereocenters. The molecular weight excluding hydrogens is 376 g/mol. The van der Waals surface area contributed by atoms with Crippen molar-refractivity contribution in [1.29, 1.82) is 0 Å². The van der Waals surface area contributed by atoms with Gasteiger partial charge in [-0.3, -0.25) is 4.79 Å². The van der Waals surface area contributed by atoms with E-state index in [1.807, 2.05) is 0 Å². The third kappa shape index (κ3) is 4.58. The summed E-state index contributed by atoms with van der Waals surface area (Å²) in [4.78, 5) is 14.4. The summed E-state index contributed by atoms with van der Waals surface area (Å²) in [6, 6.07) is -0.255. The number of carbonyl (C=O) groups excluding carboxylic acids is 1. The van der Waals surface area contributed by atoms with E-state index in [9.17, 15) is 13.2 Å². The number of aromatic nitrogens is 3. The smallest absolute Gasteiger partial charge is 0.233 e. The highest BCUT2D eigenvalue weighted by atomic mass is 32.2. The molecule has 0 radical (unpaired) electrons. The van der Waals surface area contributed by atoms with Crippen LogP contribution in [0.1, 0.15) is 37.9 Å². The molecule has 1 aliphatic carbocycles. The summed E-state index contributed by atoms with van der Waals surface area (Å²) in [5.74, 6) is 1.87. The molecule has 1 aromatic rings. The summed E-state index contributed by atoms with van der Waals surface area (Å²) in [5.41, 5.74) is 0. The first-order valence-electron chi connectivity index (χ1n) is 9.00. The van der Waals surface area contributed by atoms with E-state index in [4.69, 9.17) is 4.74 Å². The van der Waals surface area contributed by atoms with Crippen LogP contribution in [0.25, 0.3) is 0 Å². The molecule has 1 aliphatic heterocycles. The lowest BCUT2D eigenvalue weighted by Crippen LogP contribution is -2.44. The van der Waals surface area contributed by atoms with Gasteiger partial charge in [0.05, 0.1) is 23.9 Å². The lowest BCUT2D eigenvalue weighted by atomic mass is 10.2. The Morgan fingerprint density at radius 3 is 2.69 bits per heavy atom. The first-order chi connectivity index (χ1) is 12.4. The molecule has 10 heteroatoms. The maximum atomic E-state index is 12.8. The molecule has 0 aromatic carbocycles. The van der Waals surface area contributed by atoms with E-state index in [-0.39, 0.29) is 29.2 Å². The molecule has 2 aliphatic rings. The largest absolute Gasteiger partial charge is 0.383 e. The van der Waals surface area contributed by atoms with Crippen LogP contribution in [0.5, 0.6) is 0 Å². The number of thioether (sulfide) groups is 1. The zero-order valence-corrected chi connectivity index (χ0v) is 16.9. The second-order valence-corrected chi connectivity index (χ2v) is 9.96. The van der Waals surface area contributed by atoms with Gasteiger partial charge in [-0.1, -0.05) is 11.8 Å². The Morgan fingerprint density at radius 2 is 2.12 bits per heavy atom. The molecule has 1 saturated heterocycles. The fourth-order valence-electron chi connectivity index (χ4n) is 3.28. The maximum Gasteiger partial charge on any atom is 0.233 e. The molecule has 1 saturated carbocycles. The number of ether oxygens (including phenoxy) is 1. The van der Waals surface area contributed by atoms with Gasteiger partial charge in [-0.25, -0.2) is 8.42 Å². The Morgan fingerprint density at radius 1 is 1.35 bits per heavy atom. The van der Waals surface area contributed by atoms with Crippen LogP contribution in [0, 0.1) is 0 Å². The molecule has 8 nitrogen and oxygen atoms in total. The molecule has 2 heterocycles. The second kappa shape index (κ2) is 8.26. The quantitative estimate of drug-likeness (QED) is 0.567. The van der Waals surface area contributed by atoms with E-state index >= 15 is 0 Å². The normalized spacial score (nSPS) is 21.8. The van der Waals surface area contributed by atoms with Gasteiger partial charge in [-0.15, -0.1) is 10.2 Å². The zero-order chi connectivity index (χ0) is 18.7. The van der Waals surface area contributed by atoms with Crippen molar-refractivity contribution < 1.29 is 17.9 Å². The van der Waals surface area contributed by atoms with Gasteiger partial charge < -0.3 is 14.2 Å². The standard InChI is InChI=1S/C16H26N4O4S2/c1-3-19-15(12-4-5-12)17-18-16(19)25-10-14(21)20(7-8-24-2)13-6-9-26(22,23)11-13/h12-13H,3-11H2,1-2H3/t13-/m1/s1. The summed E-state index contributed by atoms with van der Waals surface area (Å²) in [5, 5.41) is 9.29. The van der Waals surface area contributed by atoms with Crippen LogP contribution < -0.4 is 0 Å². The highest BCUT2D eigenvalue weighted by molar-refractivity contribution is 7.99. The van der Waals surface area contributed by atoms with Gasteiger partial charge in [0, 0.05) is 32.2 Å². The lowest BCUT2D eigenvalue weighted by Gasteiger charge is -2.28. The minimum absolute atomic E-state index is 0.0457. The molecule has 0 bridgehead atoms. The average Bonchev–Trinajstić information content (AvgIpc) is 3.27. The number of nitrogens with zero attached hydrogens (tertiary/aromatic N) is 4. The third-order valence-corrected chi connectivity index (χ3v) is 7.54. The predicted octanol–water partition coefficient (Wildman–Crippen LogP) is 0.930. The Hall–Kier alpha value is -1.13. The number of rotatable bonds is 9. The Kier molecular flexibility index (Phi) is 6.24. The number of hydrogen-bond donors (Lipinski definition) is 0. The summed E-state index contributed by atoms with van der Waals surface area (Å²) in [7, 11) is -1.47. The Labute approximate surface area is 158 Å². The second-order valence-electron chi connectivity index (χ2n) is 6.78. The molecule has 3 rings (SSSR count). The SMILES string of the molecule is CCn1c(SCC(=O)N(CCOC)[C@@H]2CCS(=O)(=O)C2)nnc1C1CC1. The Bertz CT molecular complexity index is 745. The van der Waals surface area contributed by atoms with Crippen LogP contribution in [-0.2, 0) is 25.9 Å². The van der Waals surface area contributed by atoms with E-state index in [1.165, 1.54) is 11.8 Å². The van der Waals surface area contributed by atoms with Gasteiger partial charge in [0.25, 0.3) is 0 Å². The van der Waals surface area contributed by atoms with Crippen LogP contribution in [0.2, 0.25) is 0 Å². The van der Waals surface area contributed by atoms with Crippen LogP contribution in [0.3, 0.4) is 0 Å². The summed E-state index contributed by atoms with van der Waals surface area (Å²) in [6.45, 7) is 3.63. The fourth-order valence-corrected chi connectivity index (χ4v) is 5.90. The maximum absolute atomic E-state index is 12.8. The summed E-state index contributed by atoms with van der Waals surface area (Å²) in [6.07, 6.45) is 2.81. The molecular formula is C16H26N4O4S2. The van der Waals surface area contributed by atoms with Crippen LogP contribution in [-0.4, -0.2) is 77.6 Å². The monoisotopic (exact) mass is 402 g/mol. The van der Waals surface area contributed by atoms with Gasteiger partial charge in [-0.2, -0.15) is 0 Å². The van der Waals surface area contributed by atoms with E-state index in [0.29, 0.717) is 25.5 Å². The number of carbonyl (C=O) groups is 1. The number of hydrogen-bond acceptors (Lipinski definition) is 7. The summed E-state index contributed by atoms with van der Waals surface area (Å²) >= 11 is 1.37. The number of methoxy groups -OCH3 is 1. The van der Waals surface area contributed by atoms with E-state index < -0.39 is 9.84 Å². The third-order valence-electron chi connectivity index (χ3n) is 4.83. The minimum atomic E-state index is -3.04. The van der Waals surface area contributed by atoms with Crippen molar-refractivity contribution in [3.63, 3.8) is 0 Å². The zero-order valence-electron chi connectivity index (χ0n) is 15.3. The first-order valence-corrected chi connectivity index (χ1v) is 11.8. The van der Waals surface area contributed by atoms with Crippen molar-refractivity contribution in [2.24, 2.45) is 0 Å². The van der Waals surface area contributed by atoms with Gasteiger partial charge in [-0.05, 0) is 26.2 Å². The highest BCUT2D eigenvalue weighted by Crippen LogP contribution is 2.40.